The molecule has 0 radical (unpaired) electrons. The fourth-order valence-electron chi connectivity index (χ4n) is 4.60. The summed E-state index contributed by atoms with van der Waals surface area (Å²) in [5.74, 6) is -0.0717. The van der Waals surface area contributed by atoms with Crippen molar-refractivity contribution in [2.24, 2.45) is 0 Å². The number of rotatable bonds is 14. The van der Waals surface area contributed by atoms with Gasteiger partial charge >= 0.3 is 0 Å². The number of hydrogen-bond donors (Lipinski definition) is 1. The van der Waals surface area contributed by atoms with Crippen LogP contribution in [0.5, 0.6) is 11.5 Å². The van der Waals surface area contributed by atoms with E-state index < -0.39 is 28.5 Å². The smallest absolute Gasteiger partial charge is 0.244 e. The average Bonchev–Trinajstić information content (AvgIpc) is 2.97. The second-order valence-electron chi connectivity index (χ2n) is 10.3. The number of ether oxygens (including phenoxy) is 2. The lowest BCUT2D eigenvalue weighted by atomic mass is 10.0. The molecule has 3 rings (SSSR count). The van der Waals surface area contributed by atoms with E-state index in [0.717, 1.165) is 33.7 Å². The van der Waals surface area contributed by atoms with Gasteiger partial charge in [-0.1, -0.05) is 67.1 Å². The zero-order chi connectivity index (χ0) is 30.9. The van der Waals surface area contributed by atoms with Gasteiger partial charge in [0, 0.05) is 25.1 Å². The van der Waals surface area contributed by atoms with E-state index >= 15 is 0 Å². The summed E-state index contributed by atoms with van der Waals surface area (Å²) in [5, 5.41) is 3.03. The predicted molar refractivity (Wildman–Crippen MR) is 165 cm³/mol. The standard InChI is InChI=1S/C32H41N3O6S/c1-7-24(3)33-32(37)28(19-25-13-9-8-10-14-25)34(21-26-15-11-12-23(2)18-26)31(36)22-35(42(6,38)39)27-16-17-29(40-4)30(20-27)41-5/h8-18,20,24,28H,7,19,21-22H2,1-6H3,(H,33,37)/t24-,28-/m1/s1. The van der Waals surface area contributed by atoms with E-state index in [1.54, 1.807) is 12.1 Å². The molecule has 2 atom stereocenters. The third-order valence-electron chi connectivity index (χ3n) is 7.04. The van der Waals surface area contributed by atoms with Gasteiger partial charge in [-0.25, -0.2) is 8.42 Å². The zero-order valence-electron chi connectivity index (χ0n) is 25.2. The minimum atomic E-state index is -3.91. The summed E-state index contributed by atoms with van der Waals surface area (Å²) in [7, 11) is -0.978. The first-order valence-corrected chi connectivity index (χ1v) is 15.7. The van der Waals surface area contributed by atoms with Crippen LogP contribution in [0.3, 0.4) is 0 Å². The highest BCUT2D eigenvalue weighted by molar-refractivity contribution is 7.92. The van der Waals surface area contributed by atoms with Crippen molar-refractivity contribution in [1.82, 2.24) is 10.2 Å². The van der Waals surface area contributed by atoms with Gasteiger partial charge < -0.3 is 19.7 Å². The largest absolute Gasteiger partial charge is 0.493 e. The number of carbonyl (C=O) groups is 2. The highest BCUT2D eigenvalue weighted by Gasteiger charge is 2.33. The summed E-state index contributed by atoms with van der Waals surface area (Å²) < 4.78 is 37.7. The normalized spacial score (nSPS) is 12.6. The Morgan fingerprint density at radius 3 is 2.17 bits per heavy atom. The highest BCUT2D eigenvalue weighted by Crippen LogP contribution is 2.32. The minimum absolute atomic E-state index is 0.106. The number of nitrogens with zero attached hydrogens (tertiary/aromatic N) is 2. The summed E-state index contributed by atoms with van der Waals surface area (Å²) in [6, 6.07) is 20.8. The van der Waals surface area contributed by atoms with Gasteiger partial charge in [-0.05, 0) is 43.5 Å². The first-order valence-electron chi connectivity index (χ1n) is 13.9. The monoisotopic (exact) mass is 595 g/mol. The Morgan fingerprint density at radius 1 is 0.905 bits per heavy atom. The van der Waals surface area contributed by atoms with Crippen LogP contribution < -0.4 is 19.1 Å². The Kier molecular flexibility index (Phi) is 11.4. The number of sulfonamides is 1. The summed E-state index contributed by atoms with van der Waals surface area (Å²) in [6.07, 6.45) is 2.02. The summed E-state index contributed by atoms with van der Waals surface area (Å²) in [5.41, 5.74) is 2.95. The number of nitrogens with one attached hydrogen (secondary N) is 1. The fraction of sp³-hybridized carbons (Fsp3) is 0.375. The number of aryl methyl sites for hydroxylation is 1. The molecular weight excluding hydrogens is 554 g/mol. The van der Waals surface area contributed by atoms with Crippen molar-refractivity contribution in [3.8, 4) is 11.5 Å². The second kappa shape index (κ2) is 14.7. The molecule has 0 fully saturated rings. The Labute approximate surface area is 249 Å². The van der Waals surface area contributed by atoms with Crippen LogP contribution in [0.15, 0.2) is 72.8 Å². The first-order chi connectivity index (χ1) is 20.0. The molecule has 42 heavy (non-hydrogen) atoms. The summed E-state index contributed by atoms with van der Waals surface area (Å²) in [6.45, 7) is 5.44. The quantitative estimate of drug-likeness (QED) is 0.298. The Hall–Kier alpha value is -4.05. The molecule has 2 amide bonds. The van der Waals surface area contributed by atoms with Crippen molar-refractivity contribution in [3.05, 3.63) is 89.5 Å². The van der Waals surface area contributed by atoms with Gasteiger partial charge in [-0.15, -0.1) is 0 Å². The molecule has 0 unspecified atom stereocenters. The topological polar surface area (TPSA) is 105 Å². The summed E-state index contributed by atoms with van der Waals surface area (Å²) in [4.78, 5) is 29.5. The van der Waals surface area contributed by atoms with E-state index in [1.807, 2.05) is 75.4 Å². The van der Waals surface area contributed by atoms with E-state index in [1.165, 1.54) is 25.2 Å². The maximum Gasteiger partial charge on any atom is 0.244 e. The van der Waals surface area contributed by atoms with Crippen molar-refractivity contribution in [3.63, 3.8) is 0 Å². The molecule has 1 N–H and O–H groups in total. The van der Waals surface area contributed by atoms with E-state index in [2.05, 4.69) is 5.32 Å². The molecule has 3 aromatic rings. The molecule has 0 aliphatic carbocycles. The maximum absolute atomic E-state index is 14.2. The molecule has 0 saturated heterocycles. The molecule has 9 nitrogen and oxygen atoms in total. The molecule has 0 aliphatic rings. The SMILES string of the molecule is CC[C@@H](C)NC(=O)[C@@H](Cc1ccccc1)N(Cc1cccc(C)c1)C(=O)CN(c1ccc(OC)c(OC)c1)S(C)(=O)=O. The third-order valence-corrected chi connectivity index (χ3v) is 8.18. The molecule has 10 heteroatoms. The first kappa shape index (κ1) is 32.5. The molecule has 0 saturated carbocycles. The van der Waals surface area contributed by atoms with Crippen molar-refractivity contribution in [1.29, 1.82) is 0 Å². The lowest BCUT2D eigenvalue weighted by molar-refractivity contribution is -0.140. The Bertz CT molecular complexity index is 1460. The summed E-state index contributed by atoms with van der Waals surface area (Å²) >= 11 is 0. The van der Waals surface area contributed by atoms with Gasteiger partial charge in [0.25, 0.3) is 0 Å². The molecule has 226 valence electrons. The molecule has 0 bridgehead atoms. The number of hydrogen-bond acceptors (Lipinski definition) is 6. The van der Waals surface area contributed by atoms with Crippen LogP contribution in [0.2, 0.25) is 0 Å². The van der Waals surface area contributed by atoms with Crippen LogP contribution in [0, 0.1) is 6.92 Å². The van der Waals surface area contributed by atoms with Crippen LogP contribution in [-0.2, 0) is 32.6 Å². The van der Waals surface area contributed by atoms with Crippen molar-refractivity contribution in [2.45, 2.75) is 52.2 Å². The Balaban J connectivity index is 2.08. The average molecular weight is 596 g/mol. The number of anilines is 1. The second-order valence-corrected chi connectivity index (χ2v) is 12.2. The van der Waals surface area contributed by atoms with E-state index in [4.69, 9.17) is 9.47 Å². The molecule has 0 aliphatic heterocycles. The molecular formula is C32H41N3O6S. The van der Waals surface area contributed by atoms with Gasteiger partial charge in [0.2, 0.25) is 21.8 Å². The molecule has 0 heterocycles. The van der Waals surface area contributed by atoms with E-state index in [-0.39, 0.29) is 30.6 Å². The molecule has 0 aromatic heterocycles. The van der Waals surface area contributed by atoms with Crippen molar-refractivity contribution >= 4 is 27.5 Å². The lowest BCUT2D eigenvalue weighted by Gasteiger charge is -2.34. The van der Waals surface area contributed by atoms with Gasteiger partial charge in [0.05, 0.1) is 26.2 Å². The van der Waals surface area contributed by atoms with Gasteiger partial charge in [0.1, 0.15) is 12.6 Å². The molecule has 0 spiro atoms. The fourth-order valence-corrected chi connectivity index (χ4v) is 5.44. The minimum Gasteiger partial charge on any atom is -0.493 e. The number of amides is 2. The maximum atomic E-state index is 14.2. The van der Waals surface area contributed by atoms with E-state index in [0.29, 0.717) is 11.5 Å². The Morgan fingerprint density at radius 2 is 1.57 bits per heavy atom. The zero-order valence-corrected chi connectivity index (χ0v) is 26.0. The van der Waals surface area contributed by atoms with E-state index in [9.17, 15) is 18.0 Å². The van der Waals surface area contributed by atoms with Gasteiger partial charge in [0.15, 0.2) is 11.5 Å². The van der Waals surface area contributed by atoms with Crippen LogP contribution in [0.25, 0.3) is 0 Å². The van der Waals surface area contributed by atoms with Crippen LogP contribution >= 0.6 is 0 Å². The number of benzene rings is 3. The van der Waals surface area contributed by atoms with Gasteiger partial charge in [-0.3, -0.25) is 13.9 Å². The third kappa shape index (κ3) is 8.72. The number of carbonyl (C=O) groups excluding carboxylic acids is 2. The van der Waals surface area contributed by atoms with Crippen LogP contribution in [0.4, 0.5) is 5.69 Å². The van der Waals surface area contributed by atoms with Gasteiger partial charge in [-0.2, -0.15) is 0 Å². The highest BCUT2D eigenvalue weighted by atomic mass is 32.2. The molecule has 3 aromatic carbocycles. The van der Waals surface area contributed by atoms with Crippen LogP contribution in [-0.4, -0.2) is 64.2 Å². The van der Waals surface area contributed by atoms with Crippen molar-refractivity contribution in [2.75, 3.05) is 31.3 Å². The predicted octanol–water partition coefficient (Wildman–Crippen LogP) is 4.33. The number of methoxy groups -OCH3 is 2. The van der Waals surface area contributed by atoms with Crippen molar-refractivity contribution < 1.29 is 27.5 Å². The lowest BCUT2D eigenvalue weighted by Crippen LogP contribution is -2.54. The van der Waals surface area contributed by atoms with Crippen LogP contribution in [0.1, 0.15) is 37.0 Å².